The minimum atomic E-state index is -0.545. The summed E-state index contributed by atoms with van der Waals surface area (Å²) in [5.41, 5.74) is 2.20. The zero-order valence-corrected chi connectivity index (χ0v) is 15.2. The lowest BCUT2D eigenvalue weighted by molar-refractivity contribution is -0.138. The van der Waals surface area contributed by atoms with Crippen LogP contribution in [-0.4, -0.2) is 55.4 Å². The fraction of sp³-hybridized carbons (Fsp3) is 0.450. The van der Waals surface area contributed by atoms with Crippen LogP contribution in [0, 0.1) is 11.3 Å². The van der Waals surface area contributed by atoms with Crippen molar-refractivity contribution in [1.29, 1.82) is 5.26 Å². The number of hydrogen-bond donors (Lipinski definition) is 1. The molecule has 140 valence electrons. The summed E-state index contributed by atoms with van der Waals surface area (Å²) < 4.78 is 11.2. The first-order valence-corrected chi connectivity index (χ1v) is 9.22. The maximum Gasteiger partial charge on any atom is 0.251 e. The number of carbonyl (C=O) groups excluding carboxylic acids is 1. The van der Waals surface area contributed by atoms with Gasteiger partial charge in [0.15, 0.2) is 6.10 Å². The lowest BCUT2D eigenvalue weighted by atomic mass is 10.1. The van der Waals surface area contributed by atoms with Crippen LogP contribution in [0.5, 0.6) is 0 Å². The van der Waals surface area contributed by atoms with E-state index in [9.17, 15) is 10.1 Å². The van der Waals surface area contributed by atoms with Gasteiger partial charge in [-0.05, 0) is 37.6 Å². The molecule has 2 aliphatic rings. The van der Waals surface area contributed by atoms with Crippen molar-refractivity contribution in [2.45, 2.75) is 31.6 Å². The number of pyridine rings is 1. The van der Waals surface area contributed by atoms with Crippen molar-refractivity contribution in [3.63, 3.8) is 0 Å². The maximum atomic E-state index is 12.7. The van der Waals surface area contributed by atoms with E-state index in [1.54, 1.807) is 12.3 Å². The Bertz CT molecular complexity index is 888. The smallest absolute Gasteiger partial charge is 0.251 e. The molecule has 27 heavy (non-hydrogen) atoms. The first-order chi connectivity index (χ1) is 13.2. The molecule has 2 aromatic rings. The Morgan fingerprint density at radius 1 is 1.37 bits per heavy atom. The van der Waals surface area contributed by atoms with Gasteiger partial charge in [-0.25, -0.2) is 0 Å². The third-order valence-electron chi connectivity index (χ3n) is 5.04. The third kappa shape index (κ3) is 3.59. The average molecular weight is 366 g/mol. The monoisotopic (exact) mass is 366 g/mol. The van der Waals surface area contributed by atoms with Gasteiger partial charge in [0, 0.05) is 30.4 Å². The minimum absolute atomic E-state index is 0.0618. The number of rotatable bonds is 3. The summed E-state index contributed by atoms with van der Waals surface area (Å²) in [6.45, 7) is 4.34. The van der Waals surface area contributed by atoms with Crippen molar-refractivity contribution in [1.82, 2.24) is 10.3 Å². The Morgan fingerprint density at radius 3 is 3.04 bits per heavy atom. The number of aromatic nitrogens is 1. The molecule has 1 aromatic heterocycles. The number of anilines is 1. The van der Waals surface area contributed by atoms with E-state index in [1.165, 1.54) is 0 Å². The molecule has 2 saturated heterocycles. The lowest BCUT2D eigenvalue weighted by Gasteiger charge is -2.38. The predicted molar refractivity (Wildman–Crippen MR) is 100 cm³/mol. The van der Waals surface area contributed by atoms with Gasteiger partial charge < -0.3 is 19.7 Å². The molecule has 0 saturated carbocycles. The molecule has 3 heterocycles. The summed E-state index contributed by atoms with van der Waals surface area (Å²) in [6, 6.07) is 9.80. The van der Waals surface area contributed by atoms with Crippen LogP contribution in [0.15, 0.2) is 30.5 Å². The molecule has 1 aromatic carbocycles. The van der Waals surface area contributed by atoms with E-state index in [0.29, 0.717) is 37.4 Å². The standard InChI is InChI=1S/C20H22N4O3/c1-13-10-24(11-18(27-13)20(25)23-15-6-8-26-12-15)17-5-4-14(9-21)19-16(17)3-2-7-22-19/h2-5,7,13,15,18H,6,8,10-12H2,1H3,(H,23,25)/t13-,15?,18-/m1/s1. The van der Waals surface area contributed by atoms with Crippen molar-refractivity contribution in [3.8, 4) is 6.07 Å². The van der Waals surface area contributed by atoms with Crippen molar-refractivity contribution < 1.29 is 14.3 Å². The molecule has 1 amide bonds. The second kappa shape index (κ2) is 7.51. The first kappa shape index (κ1) is 17.7. The first-order valence-electron chi connectivity index (χ1n) is 9.22. The Kier molecular flexibility index (Phi) is 4.92. The maximum absolute atomic E-state index is 12.7. The SMILES string of the molecule is C[C@@H]1CN(c2ccc(C#N)c3ncccc23)C[C@H](C(=O)NC2CCOC2)O1. The summed E-state index contributed by atoms with van der Waals surface area (Å²) >= 11 is 0. The van der Waals surface area contributed by atoms with Gasteiger partial charge in [0.05, 0.1) is 36.4 Å². The average Bonchev–Trinajstić information content (AvgIpc) is 3.19. The van der Waals surface area contributed by atoms with Gasteiger partial charge in [-0.1, -0.05) is 0 Å². The van der Waals surface area contributed by atoms with Crippen LogP contribution in [0.2, 0.25) is 0 Å². The molecular weight excluding hydrogens is 344 g/mol. The summed E-state index contributed by atoms with van der Waals surface area (Å²) in [7, 11) is 0. The molecule has 2 aliphatic heterocycles. The van der Waals surface area contributed by atoms with Gasteiger partial charge in [0.1, 0.15) is 6.07 Å². The van der Waals surface area contributed by atoms with Gasteiger partial charge in [-0.3, -0.25) is 9.78 Å². The largest absolute Gasteiger partial charge is 0.379 e. The molecule has 0 bridgehead atoms. The highest BCUT2D eigenvalue weighted by atomic mass is 16.5. The molecule has 0 radical (unpaired) electrons. The number of benzene rings is 1. The summed E-state index contributed by atoms with van der Waals surface area (Å²) in [6.07, 6.45) is 1.90. The van der Waals surface area contributed by atoms with Crippen LogP contribution in [0.25, 0.3) is 10.9 Å². The number of carbonyl (C=O) groups is 1. The number of amides is 1. The Balaban J connectivity index is 1.59. The number of ether oxygens (including phenoxy) is 2. The molecular formula is C20H22N4O3. The Morgan fingerprint density at radius 2 is 2.26 bits per heavy atom. The number of fused-ring (bicyclic) bond motifs is 1. The fourth-order valence-electron chi connectivity index (χ4n) is 3.76. The van der Waals surface area contributed by atoms with Gasteiger partial charge in [-0.15, -0.1) is 0 Å². The molecule has 0 aliphatic carbocycles. The Labute approximate surface area is 157 Å². The van der Waals surface area contributed by atoms with E-state index < -0.39 is 6.10 Å². The number of nitrogens with one attached hydrogen (secondary N) is 1. The normalized spacial score (nSPS) is 25.3. The molecule has 7 heteroatoms. The van der Waals surface area contributed by atoms with E-state index in [4.69, 9.17) is 9.47 Å². The zero-order valence-electron chi connectivity index (χ0n) is 15.2. The van der Waals surface area contributed by atoms with Crippen molar-refractivity contribution >= 4 is 22.5 Å². The third-order valence-corrected chi connectivity index (χ3v) is 5.04. The summed E-state index contributed by atoms with van der Waals surface area (Å²) in [5, 5.41) is 13.3. The second-order valence-corrected chi connectivity index (χ2v) is 7.05. The van der Waals surface area contributed by atoms with Crippen LogP contribution in [0.3, 0.4) is 0 Å². The molecule has 0 spiro atoms. The van der Waals surface area contributed by atoms with Crippen molar-refractivity contribution in [3.05, 3.63) is 36.0 Å². The number of morpholine rings is 1. The Hall–Kier alpha value is -2.69. The van der Waals surface area contributed by atoms with Gasteiger partial charge >= 0.3 is 0 Å². The quantitative estimate of drug-likeness (QED) is 0.888. The highest BCUT2D eigenvalue weighted by Crippen LogP contribution is 2.30. The number of hydrogen-bond acceptors (Lipinski definition) is 6. The van der Waals surface area contributed by atoms with Crippen LogP contribution in [0.4, 0.5) is 5.69 Å². The van der Waals surface area contributed by atoms with Gasteiger partial charge in [0.25, 0.3) is 5.91 Å². The lowest BCUT2D eigenvalue weighted by Crippen LogP contribution is -2.54. The molecule has 1 N–H and O–H groups in total. The fourth-order valence-corrected chi connectivity index (χ4v) is 3.76. The van der Waals surface area contributed by atoms with Crippen LogP contribution >= 0.6 is 0 Å². The number of nitriles is 1. The molecule has 7 nitrogen and oxygen atoms in total. The topological polar surface area (TPSA) is 87.5 Å². The highest BCUT2D eigenvalue weighted by Gasteiger charge is 2.33. The molecule has 2 fully saturated rings. The molecule has 3 atom stereocenters. The zero-order chi connectivity index (χ0) is 18.8. The van der Waals surface area contributed by atoms with E-state index in [2.05, 4.69) is 21.3 Å². The van der Waals surface area contributed by atoms with E-state index >= 15 is 0 Å². The van der Waals surface area contributed by atoms with Crippen molar-refractivity contribution in [2.75, 3.05) is 31.2 Å². The van der Waals surface area contributed by atoms with Crippen LogP contribution in [-0.2, 0) is 14.3 Å². The van der Waals surface area contributed by atoms with Gasteiger partial charge in [-0.2, -0.15) is 5.26 Å². The molecule has 1 unspecified atom stereocenters. The minimum Gasteiger partial charge on any atom is -0.379 e. The van der Waals surface area contributed by atoms with Crippen molar-refractivity contribution in [2.24, 2.45) is 0 Å². The van der Waals surface area contributed by atoms with Crippen LogP contribution in [0.1, 0.15) is 18.9 Å². The highest BCUT2D eigenvalue weighted by molar-refractivity contribution is 5.95. The van der Waals surface area contributed by atoms with Gasteiger partial charge in [0.2, 0.25) is 0 Å². The van der Waals surface area contributed by atoms with E-state index in [1.807, 2.05) is 25.1 Å². The van der Waals surface area contributed by atoms with Crippen LogP contribution < -0.4 is 10.2 Å². The summed E-state index contributed by atoms with van der Waals surface area (Å²) in [5.74, 6) is -0.0990. The van der Waals surface area contributed by atoms with E-state index in [0.717, 1.165) is 17.5 Å². The predicted octanol–water partition coefficient (Wildman–Crippen LogP) is 1.61. The summed E-state index contributed by atoms with van der Waals surface area (Å²) in [4.78, 5) is 19.2. The molecule has 4 rings (SSSR count). The second-order valence-electron chi connectivity index (χ2n) is 7.05. The van der Waals surface area contributed by atoms with E-state index in [-0.39, 0.29) is 18.1 Å². The number of nitrogens with zero attached hydrogens (tertiary/aromatic N) is 3.